The molecule has 0 heterocycles. The van der Waals surface area contributed by atoms with Gasteiger partial charge in [-0.3, -0.25) is 19.2 Å². The molecule has 36 heavy (non-hydrogen) atoms. The van der Waals surface area contributed by atoms with Gasteiger partial charge in [-0.1, -0.05) is 90.9 Å². The zero-order valence-corrected chi connectivity index (χ0v) is 22.9. The molecule has 0 aliphatic rings. The van der Waals surface area contributed by atoms with E-state index >= 15 is 0 Å². The summed E-state index contributed by atoms with van der Waals surface area (Å²) in [7, 11) is 0. The third kappa shape index (κ3) is 34.0. The second-order valence-electron chi connectivity index (χ2n) is 9.18. The summed E-state index contributed by atoms with van der Waals surface area (Å²) >= 11 is 0. The molecule has 0 atom stereocenters. The molecule has 0 bridgehead atoms. The van der Waals surface area contributed by atoms with E-state index < -0.39 is 11.9 Å². The van der Waals surface area contributed by atoms with Crippen molar-refractivity contribution in [3.05, 3.63) is 0 Å². The molecule has 8 nitrogen and oxygen atoms in total. The summed E-state index contributed by atoms with van der Waals surface area (Å²) in [5, 5.41) is 16.8. The number of hydrogen-bond donors (Lipinski definition) is 2. The van der Waals surface area contributed by atoms with Gasteiger partial charge in [-0.25, -0.2) is 0 Å². The normalized spacial score (nSPS) is 10.3. The quantitative estimate of drug-likeness (QED) is 0.103. The molecule has 0 aliphatic carbocycles. The molecule has 0 aliphatic heterocycles. The fourth-order valence-electron chi connectivity index (χ4n) is 3.40. The number of unbranched alkanes of at least 4 members (excludes halogenated alkanes) is 12. The summed E-state index contributed by atoms with van der Waals surface area (Å²) in [6, 6.07) is 0. The molecule has 212 valence electrons. The molecule has 0 unspecified atom stereocenters. The zero-order chi connectivity index (χ0) is 27.3. The topological polar surface area (TPSA) is 127 Å². The molecular formula is C28H52O8. The lowest BCUT2D eigenvalue weighted by Crippen LogP contribution is -2.06. The van der Waals surface area contributed by atoms with E-state index in [-0.39, 0.29) is 37.6 Å². The zero-order valence-electron chi connectivity index (χ0n) is 22.9. The van der Waals surface area contributed by atoms with Gasteiger partial charge in [-0.05, 0) is 25.7 Å². The number of carbonyl (C=O) groups is 4. The summed E-state index contributed by atoms with van der Waals surface area (Å²) in [5.41, 5.74) is 0. The summed E-state index contributed by atoms with van der Waals surface area (Å²) in [4.78, 5) is 42.8. The van der Waals surface area contributed by atoms with Crippen LogP contribution in [0.25, 0.3) is 0 Å². The van der Waals surface area contributed by atoms with Crippen molar-refractivity contribution in [2.75, 3.05) is 13.2 Å². The largest absolute Gasteiger partial charge is 0.481 e. The highest BCUT2D eigenvalue weighted by molar-refractivity contribution is 5.72. The summed E-state index contributed by atoms with van der Waals surface area (Å²) in [5.74, 6) is -2.28. The van der Waals surface area contributed by atoms with Gasteiger partial charge in [-0.2, -0.15) is 0 Å². The van der Waals surface area contributed by atoms with Crippen LogP contribution in [0.1, 0.15) is 142 Å². The number of esters is 2. The van der Waals surface area contributed by atoms with Gasteiger partial charge in [-0.15, -0.1) is 0 Å². The van der Waals surface area contributed by atoms with Gasteiger partial charge >= 0.3 is 23.9 Å². The first-order valence-electron chi connectivity index (χ1n) is 14.1. The van der Waals surface area contributed by atoms with Crippen LogP contribution >= 0.6 is 0 Å². The first-order valence-corrected chi connectivity index (χ1v) is 14.1. The number of carboxylic acid groups (broad SMARTS) is 2. The fourth-order valence-corrected chi connectivity index (χ4v) is 3.40. The Morgan fingerprint density at radius 3 is 1.06 bits per heavy atom. The predicted molar refractivity (Wildman–Crippen MR) is 141 cm³/mol. The van der Waals surface area contributed by atoms with Crippen LogP contribution in [0, 0.1) is 0 Å². The van der Waals surface area contributed by atoms with Crippen LogP contribution in [0.2, 0.25) is 0 Å². The number of carbonyl (C=O) groups excluding carboxylic acids is 2. The van der Waals surface area contributed by atoms with E-state index in [1.165, 1.54) is 64.2 Å². The highest BCUT2D eigenvalue weighted by atomic mass is 16.5. The Labute approximate surface area is 218 Å². The van der Waals surface area contributed by atoms with Crippen LogP contribution in [-0.2, 0) is 28.7 Å². The van der Waals surface area contributed by atoms with E-state index in [9.17, 15) is 19.2 Å². The molecule has 0 saturated heterocycles. The molecule has 2 N–H and O–H groups in total. The van der Waals surface area contributed by atoms with E-state index in [0.717, 1.165) is 25.7 Å². The van der Waals surface area contributed by atoms with Crippen LogP contribution in [0.15, 0.2) is 0 Å². The second-order valence-corrected chi connectivity index (χ2v) is 9.18. The van der Waals surface area contributed by atoms with Gasteiger partial charge in [0.25, 0.3) is 0 Å². The standard InChI is InChI=1S/2C14H26O4/c2*1-2-3-4-5-6-7-8-12-18-14(17)11-9-10-13(15)16/h2*2-12H2,1H3,(H,15,16). The average molecular weight is 517 g/mol. The number of aliphatic carboxylic acids is 2. The summed E-state index contributed by atoms with van der Waals surface area (Å²) in [6.45, 7) is 5.34. The minimum Gasteiger partial charge on any atom is -0.481 e. The maximum Gasteiger partial charge on any atom is 0.305 e. The van der Waals surface area contributed by atoms with Crippen LogP contribution in [0.3, 0.4) is 0 Å². The SMILES string of the molecule is CCCCCCCCCOC(=O)CCCC(=O)O.CCCCCCCCCOC(=O)CCCC(=O)O. The highest BCUT2D eigenvalue weighted by Gasteiger charge is 2.05. The van der Waals surface area contributed by atoms with Crippen molar-refractivity contribution in [1.82, 2.24) is 0 Å². The Hall–Kier alpha value is -2.12. The van der Waals surface area contributed by atoms with Crippen molar-refractivity contribution in [3.8, 4) is 0 Å². The Bertz CT molecular complexity index is 500. The van der Waals surface area contributed by atoms with Gasteiger partial charge in [0.2, 0.25) is 0 Å². The van der Waals surface area contributed by atoms with Crippen LogP contribution in [0.5, 0.6) is 0 Å². The van der Waals surface area contributed by atoms with Crippen molar-refractivity contribution in [2.45, 2.75) is 142 Å². The van der Waals surface area contributed by atoms with Crippen molar-refractivity contribution < 1.29 is 38.9 Å². The second kappa shape index (κ2) is 29.1. The van der Waals surface area contributed by atoms with Gasteiger partial charge in [0.1, 0.15) is 0 Å². The predicted octanol–water partition coefficient (Wildman–Crippen LogP) is 7.07. The Balaban J connectivity index is 0. The van der Waals surface area contributed by atoms with Crippen LogP contribution in [0.4, 0.5) is 0 Å². The number of hydrogen-bond acceptors (Lipinski definition) is 6. The number of ether oxygens (including phenoxy) is 2. The lowest BCUT2D eigenvalue weighted by atomic mass is 10.1. The van der Waals surface area contributed by atoms with Crippen LogP contribution < -0.4 is 0 Å². The first-order chi connectivity index (χ1) is 17.3. The highest BCUT2D eigenvalue weighted by Crippen LogP contribution is 2.08. The van der Waals surface area contributed by atoms with E-state index in [0.29, 0.717) is 26.1 Å². The van der Waals surface area contributed by atoms with Crippen molar-refractivity contribution >= 4 is 23.9 Å². The molecule has 0 radical (unpaired) electrons. The van der Waals surface area contributed by atoms with Gasteiger partial charge in [0.15, 0.2) is 0 Å². The average Bonchev–Trinajstić information content (AvgIpc) is 2.82. The van der Waals surface area contributed by atoms with E-state index in [4.69, 9.17) is 19.7 Å². The van der Waals surface area contributed by atoms with Crippen molar-refractivity contribution in [1.29, 1.82) is 0 Å². The third-order valence-corrected chi connectivity index (χ3v) is 5.56. The molecule has 0 aromatic carbocycles. The molecule has 0 fully saturated rings. The minimum atomic E-state index is -0.866. The maximum absolute atomic E-state index is 11.2. The number of carboxylic acids is 2. The number of rotatable bonds is 24. The van der Waals surface area contributed by atoms with Gasteiger partial charge in [0.05, 0.1) is 13.2 Å². The monoisotopic (exact) mass is 516 g/mol. The molecular weight excluding hydrogens is 464 g/mol. The Morgan fingerprint density at radius 1 is 0.444 bits per heavy atom. The van der Waals surface area contributed by atoms with Crippen LogP contribution in [-0.4, -0.2) is 47.3 Å². The molecule has 0 aromatic rings. The third-order valence-electron chi connectivity index (χ3n) is 5.56. The summed E-state index contributed by atoms with van der Waals surface area (Å²) < 4.78 is 10.0. The van der Waals surface area contributed by atoms with E-state index in [1.807, 2.05) is 0 Å². The van der Waals surface area contributed by atoms with Gasteiger partial charge < -0.3 is 19.7 Å². The molecule has 0 saturated carbocycles. The van der Waals surface area contributed by atoms with Crippen molar-refractivity contribution in [2.24, 2.45) is 0 Å². The van der Waals surface area contributed by atoms with E-state index in [1.54, 1.807) is 0 Å². The molecule has 8 heteroatoms. The Kier molecular flexibility index (Phi) is 29.1. The molecule has 0 rings (SSSR count). The molecule has 0 aromatic heterocycles. The van der Waals surface area contributed by atoms with Gasteiger partial charge in [0, 0.05) is 25.7 Å². The molecule has 0 spiro atoms. The lowest BCUT2D eigenvalue weighted by Gasteiger charge is -2.04. The van der Waals surface area contributed by atoms with Crippen molar-refractivity contribution in [3.63, 3.8) is 0 Å². The maximum atomic E-state index is 11.2. The Morgan fingerprint density at radius 2 is 0.750 bits per heavy atom. The smallest absolute Gasteiger partial charge is 0.305 e. The fraction of sp³-hybridized carbons (Fsp3) is 0.857. The first kappa shape index (κ1) is 36.0. The summed E-state index contributed by atoms with van der Waals surface area (Å²) in [6.07, 6.45) is 17.9. The molecule has 0 amide bonds. The van der Waals surface area contributed by atoms with E-state index in [2.05, 4.69) is 13.8 Å². The lowest BCUT2D eigenvalue weighted by molar-refractivity contribution is -0.145. The minimum absolute atomic E-state index is 0.0343.